The van der Waals surface area contributed by atoms with Crippen molar-refractivity contribution in [3.05, 3.63) is 83.1 Å². The summed E-state index contributed by atoms with van der Waals surface area (Å²) in [5.41, 5.74) is 3.58. The number of hydrogen-bond donors (Lipinski definition) is 3. The van der Waals surface area contributed by atoms with Crippen molar-refractivity contribution in [2.75, 3.05) is 13.2 Å². The predicted octanol–water partition coefficient (Wildman–Crippen LogP) is 5.41. The second-order valence-electron chi connectivity index (χ2n) is 8.60. The Labute approximate surface area is 210 Å². The Morgan fingerprint density at radius 2 is 1.37 bits per heavy atom. The van der Waals surface area contributed by atoms with E-state index in [1.807, 2.05) is 36.5 Å². The van der Waals surface area contributed by atoms with Crippen LogP contribution in [0.5, 0.6) is 0 Å². The van der Waals surface area contributed by atoms with Gasteiger partial charge in [-0.3, -0.25) is 9.59 Å². The van der Waals surface area contributed by atoms with Gasteiger partial charge in [0.1, 0.15) is 0 Å². The maximum atomic E-state index is 11.6. The Hall–Kier alpha value is -2.60. The van der Waals surface area contributed by atoms with Crippen LogP contribution in [0.1, 0.15) is 71.6 Å². The molecule has 5 nitrogen and oxygen atoms in total. The molecule has 0 aromatic rings. The zero-order chi connectivity index (χ0) is 25.9. The summed E-state index contributed by atoms with van der Waals surface area (Å²) in [6.07, 6.45) is 25.3. The van der Waals surface area contributed by atoms with Gasteiger partial charge in [0.15, 0.2) is 11.6 Å². The van der Waals surface area contributed by atoms with Gasteiger partial charge in [0.2, 0.25) is 0 Å². The fourth-order valence-corrected chi connectivity index (χ4v) is 3.64. The first kappa shape index (κ1) is 30.4. The lowest BCUT2D eigenvalue weighted by Crippen LogP contribution is -2.04. The van der Waals surface area contributed by atoms with Crippen LogP contribution in [0.15, 0.2) is 83.1 Å². The first-order valence-electron chi connectivity index (χ1n) is 12.7. The van der Waals surface area contributed by atoms with Crippen molar-refractivity contribution in [1.82, 2.24) is 0 Å². The minimum atomic E-state index is -0.421. The molecule has 0 heterocycles. The molecule has 0 fully saturated rings. The van der Waals surface area contributed by atoms with Gasteiger partial charge in [-0.2, -0.15) is 0 Å². The molecule has 35 heavy (non-hydrogen) atoms. The summed E-state index contributed by atoms with van der Waals surface area (Å²) in [6, 6.07) is 0. The molecule has 2 aliphatic carbocycles. The molecule has 0 radical (unpaired) electrons. The zero-order valence-electron chi connectivity index (χ0n) is 21.3. The number of hydrogen-bond acceptors (Lipinski definition) is 5. The van der Waals surface area contributed by atoms with Crippen LogP contribution < -0.4 is 0 Å². The Morgan fingerprint density at radius 3 is 1.97 bits per heavy atom. The maximum Gasteiger partial charge on any atom is 0.182 e. The molecule has 192 valence electrons. The number of carbonyl (C=O) groups is 2. The third kappa shape index (κ3) is 13.2. The summed E-state index contributed by atoms with van der Waals surface area (Å²) < 4.78 is 0. The van der Waals surface area contributed by atoms with Crippen LogP contribution >= 0.6 is 0 Å². The van der Waals surface area contributed by atoms with Gasteiger partial charge in [0.05, 0.1) is 6.10 Å². The molecule has 0 aliphatic heterocycles. The number of allylic oxidation sites excluding steroid dienone is 10. The number of ketones is 2. The van der Waals surface area contributed by atoms with E-state index in [4.69, 9.17) is 10.2 Å². The van der Waals surface area contributed by atoms with Crippen LogP contribution in [-0.4, -0.2) is 46.2 Å². The standard InChI is InChI=1S/C15H22O3.C15H20O2/c1-2-3-4-5-14(17)7-6-13-10-12(8-9-16)11-15(13)18;1-2-3-4-5-6-7-8-14-11-13(9-10-16)12-15(14)17/h3-4,6,11,14,16-17H,2,5,7-10H2,1H3;3-4,6-8,12,16H,2,5,9-11H2,1H3/b4-3-,13-6+;4-3-,7-6+,14-8+. The lowest BCUT2D eigenvalue weighted by molar-refractivity contribution is -0.111. The maximum absolute atomic E-state index is 11.6. The predicted molar refractivity (Wildman–Crippen MR) is 143 cm³/mol. The molecule has 0 spiro atoms. The lowest BCUT2D eigenvalue weighted by Gasteiger charge is -2.05. The lowest BCUT2D eigenvalue weighted by atomic mass is 10.1. The first-order chi connectivity index (χ1) is 16.9. The molecular formula is C30H42O5. The quantitative estimate of drug-likeness (QED) is 0.241. The van der Waals surface area contributed by atoms with Crippen LogP contribution in [-0.2, 0) is 9.59 Å². The Morgan fingerprint density at radius 1 is 0.800 bits per heavy atom. The van der Waals surface area contributed by atoms with E-state index in [1.54, 1.807) is 12.2 Å². The van der Waals surface area contributed by atoms with Gasteiger partial charge in [-0.05, 0) is 75.5 Å². The summed E-state index contributed by atoms with van der Waals surface area (Å²) in [7, 11) is 0. The molecule has 1 unspecified atom stereocenters. The van der Waals surface area contributed by atoms with Gasteiger partial charge in [-0.15, -0.1) is 0 Å². The second-order valence-corrected chi connectivity index (χ2v) is 8.60. The zero-order valence-corrected chi connectivity index (χ0v) is 21.3. The van der Waals surface area contributed by atoms with Crippen molar-refractivity contribution in [3.63, 3.8) is 0 Å². The highest BCUT2D eigenvalue weighted by Gasteiger charge is 2.18. The topological polar surface area (TPSA) is 94.8 Å². The van der Waals surface area contributed by atoms with Crippen molar-refractivity contribution >= 4 is 11.6 Å². The van der Waals surface area contributed by atoms with Crippen molar-refractivity contribution in [3.8, 4) is 0 Å². The van der Waals surface area contributed by atoms with Crippen molar-refractivity contribution < 1.29 is 24.9 Å². The van der Waals surface area contributed by atoms with Gasteiger partial charge in [-0.25, -0.2) is 0 Å². The highest BCUT2D eigenvalue weighted by atomic mass is 16.3. The largest absolute Gasteiger partial charge is 0.396 e. The van der Waals surface area contributed by atoms with Crippen molar-refractivity contribution in [2.24, 2.45) is 0 Å². The minimum Gasteiger partial charge on any atom is -0.396 e. The molecule has 5 heteroatoms. The van der Waals surface area contributed by atoms with Crippen molar-refractivity contribution in [2.45, 2.75) is 77.7 Å². The molecule has 2 aliphatic rings. The van der Waals surface area contributed by atoms with Crippen LogP contribution in [0.3, 0.4) is 0 Å². The molecule has 2 rings (SSSR count). The summed E-state index contributed by atoms with van der Waals surface area (Å²) in [5, 5.41) is 27.3. The van der Waals surface area contributed by atoms with E-state index >= 15 is 0 Å². The fraction of sp³-hybridized carbons (Fsp3) is 0.467. The van der Waals surface area contributed by atoms with Crippen LogP contribution in [0.2, 0.25) is 0 Å². The van der Waals surface area contributed by atoms with E-state index in [0.29, 0.717) is 38.5 Å². The van der Waals surface area contributed by atoms with Crippen LogP contribution in [0.25, 0.3) is 0 Å². The van der Waals surface area contributed by atoms with Gasteiger partial charge < -0.3 is 15.3 Å². The van der Waals surface area contributed by atoms with Crippen LogP contribution in [0, 0.1) is 0 Å². The molecule has 0 saturated carbocycles. The Balaban J connectivity index is 0.000000351. The van der Waals surface area contributed by atoms with E-state index in [1.165, 1.54) is 0 Å². The average Bonchev–Trinajstić information content (AvgIpc) is 3.36. The summed E-state index contributed by atoms with van der Waals surface area (Å²) >= 11 is 0. The SMILES string of the molecule is CC/C=C\C/C=C/C=C1\CC(CCO)=CC1=O.CC/C=C\CC(O)C/C=C1\CC(CCO)=CC1=O. The van der Waals surface area contributed by atoms with E-state index in [9.17, 15) is 14.7 Å². The van der Waals surface area contributed by atoms with Gasteiger partial charge in [-0.1, -0.05) is 73.6 Å². The van der Waals surface area contributed by atoms with Crippen molar-refractivity contribution in [1.29, 1.82) is 0 Å². The Bertz CT molecular complexity index is 880. The second kappa shape index (κ2) is 18.7. The van der Waals surface area contributed by atoms with Crippen LogP contribution in [0.4, 0.5) is 0 Å². The molecular weight excluding hydrogens is 440 g/mol. The average molecular weight is 483 g/mol. The fourth-order valence-electron chi connectivity index (χ4n) is 3.64. The number of carbonyl (C=O) groups excluding carboxylic acids is 2. The molecule has 0 saturated heterocycles. The number of rotatable bonds is 13. The number of aliphatic hydroxyl groups excluding tert-OH is 3. The highest BCUT2D eigenvalue weighted by Crippen LogP contribution is 2.24. The molecule has 0 aromatic carbocycles. The monoisotopic (exact) mass is 482 g/mol. The van der Waals surface area contributed by atoms with E-state index in [-0.39, 0.29) is 24.8 Å². The third-order valence-corrected chi connectivity index (χ3v) is 5.56. The molecule has 0 bridgehead atoms. The first-order valence-corrected chi connectivity index (χ1v) is 12.7. The minimum absolute atomic E-state index is 0.0229. The normalized spacial score (nSPS) is 19.3. The molecule has 3 N–H and O–H groups in total. The van der Waals surface area contributed by atoms with E-state index < -0.39 is 6.10 Å². The molecule has 0 aromatic heterocycles. The van der Waals surface area contributed by atoms with E-state index in [2.05, 4.69) is 26.0 Å². The molecule has 0 amide bonds. The van der Waals surface area contributed by atoms with Gasteiger partial charge in [0, 0.05) is 18.8 Å². The number of aliphatic hydroxyl groups is 3. The van der Waals surface area contributed by atoms with Gasteiger partial charge >= 0.3 is 0 Å². The summed E-state index contributed by atoms with van der Waals surface area (Å²) in [4.78, 5) is 23.2. The summed E-state index contributed by atoms with van der Waals surface area (Å²) in [6.45, 7) is 4.35. The smallest absolute Gasteiger partial charge is 0.182 e. The third-order valence-electron chi connectivity index (χ3n) is 5.56. The molecule has 1 atom stereocenters. The summed E-state index contributed by atoms with van der Waals surface area (Å²) in [5.74, 6) is 0.108. The van der Waals surface area contributed by atoms with E-state index in [0.717, 1.165) is 41.6 Å². The van der Waals surface area contributed by atoms with Gasteiger partial charge in [0.25, 0.3) is 0 Å². The highest BCUT2D eigenvalue weighted by molar-refractivity contribution is 6.08. The Kier molecular flexibility index (Phi) is 16.3.